The van der Waals surface area contributed by atoms with Gasteiger partial charge in [0.1, 0.15) is 0 Å². The van der Waals surface area contributed by atoms with Crippen LogP contribution in [-0.2, 0) is 41.1 Å². The van der Waals surface area contributed by atoms with E-state index in [0.717, 1.165) is 34.3 Å². The number of fused-ring (bicyclic) bond motifs is 1. The number of hydrogen-bond donors (Lipinski definition) is 2. The molecule has 0 saturated heterocycles. The molecule has 0 saturated carbocycles. The van der Waals surface area contributed by atoms with E-state index in [1.807, 2.05) is 0 Å². The minimum atomic E-state index is -5.13. The predicted molar refractivity (Wildman–Crippen MR) is 162 cm³/mol. The maximum atomic E-state index is 13.8. The largest absolute Gasteiger partial charge is 0.533 e. The minimum Gasteiger partial charge on any atom is -0.433 e. The Balaban J connectivity index is 1.60. The van der Waals surface area contributed by atoms with Crippen LogP contribution in [0.2, 0.25) is 0 Å². The van der Waals surface area contributed by atoms with E-state index in [-0.39, 0.29) is 66.5 Å². The van der Waals surface area contributed by atoms with Crippen molar-refractivity contribution >= 4 is 17.8 Å². The van der Waals surface area contributed by atoms with Crippen LogP contribution < -0.4 is 10.4 Å². The van der Waals surface area contributed by atoms with Crippen LogP contribution in [0.1, 0.15) is 66.2 Å². The standard InChI is InChI=1S/C31H29F9N8O4/c1-3-20-14-24(21-13-17(29(32,33)34)5-6-25(21)48(20)52-28(50)51-4-2)43-27-41-15-22(26-44-46-47(45-26)7-8-49)23(42-27)11-16-9-18(30(35,36)37)12-19(10-16)31(38,39)40/h5-6,9-10,12-13,15,20,24,49H,3-4,7-8,11,14H2,1-2H3,(H,41,42,43)/t20-,24+/m1/s1. The van der Waals surface area contributed by atoms with Gasteiger partial charge in [0.25, 0.3) is 0 Å². The van der Waals surface area contributed by atoms with Crippen molar-refractivity contribution in [2.24, 2.45) is 0 Å². The highest BCUT2D eigenvalue weighted by Crippen LogP contribution is 2.43. The summed E-state index contributed by atoms with van der Waals surface area (Å²) in [6.07, 6.45) is -15.3. The van der Waals surface area contributed by atoms with E-state index in [0.29, 0.717) is 18.6 Å². The number of alkyl halides is 9. The van der Waals surface area contributed by atoms with E-state index < -0.39 is 65.4 Å². The van der Waals surface area contributed by atoms with Gasteiger partial charge in [-0.2, -0.15) is 49.4 Å². The maximum Gasteiger partial charge on any atom is 0.533 e. The molecule has 0 fully saturated rings. The maximum absolute atomic E-state index is 13.8. The lowest BCUT2D eigenvalue weighted by atomic mass is 9.90. The molecule has 0 bridgehead atoms. The van der Waals surface area contributed by atoms with Gasteiger partial charge in [-0.3, -0.25) is 0 Å². The second kappa shape index (κ2) is 14.8. The van der Waals surface area contributed by atoms with E-state index >= 15 is 0 Å². The summed E-state index contributed by atoms with van der Waals surface area (Å²) in [4.78, 5) is 27.2. The van der Waals surface area contributed by atoms with Crippen LogP contribution in [0, 0.1) is 0 Å². The summed E-state index contributed by atoms with van der Waals surface area (Å²) >= 11 is 0. The summed E-state index contributed by atoms with van der Waals surface area (Å²) < 4.78 is 128. The Hall–Kier alpha value is -5.21. The number of ether oxygens (including phenoxy) is 1. The molecule has 1 aliphatic rings. The molecule has 4 aromatic rings. The molecule has 2 atom stereocenters. The lowest BCUT2D eigenvalue weighted by molar-refractivity contribution is -0.143. The molecule has 21 heteroatoms. The van der Waals surface area contributed by atoms with Gasteiger partial charge in [0.2, 0.25) is 11.8 Å². The number of aromatic nitrogens is 6. The number of rotatable bonds is 10. The van der Waals surface area contributed by atoms with Gasteiger partial charge >= 0.3 is 24.7 Å². The third-order valence-electron chi connectivity index (χ3n) is 7.90. The summed E-state index contributed by atoms with van der Waals surface area (Å²) in [5, 5.41) is 25.0. The van der Waals surface area contributed by atoms with Gasteiger partial charge < -0.3 is 20.0 Å². The molecule has 0 aliphatic carbocycles. The van der Waals surface area contributed by atoms with Crippen molar-refractivity contribution in [1.82, 2.24) is 30.2 Å². The molecule has 280 valence electrons. The molecule has 2 aromatic carbocycles. The molecule has 5 rings (SSSR count). The third-order valence-corrected chi connectivity index (χ3v) is 7.90. The highest BCUT2D eigenvalue weighted by molar-refractivity contribution is 5.66. The fourth-order valence-corrected chi connectivity index (χ4v) is 5.53. The molecule has 2 N–H and O–H groups in total. The number of carbonyl (C=O) groups is 1. The number of aliphatic hydroxyl groups is 1. The van der Waals surface area contributed by atoms with Crippen LogP contribution in [0.25, 0.3) is 11.4 Å². The number of aliphatic hydroxyl groups excluding tert-OH is 1. The first-order chi connectivity index (χ1) is 24.4. The van der Waals surface area contributed by atoms with Crippen LogP contribution in [0.15, 0.2) is 42.6 Å². The molecule has 0 unspecified atom stereocenters. The summed E-state index contributed by atoms with van der Waals surface area (Å²) in [5.74, 6) is -0.429. The van der Waals surface area contributed by atoms with Crippen molar-refractivity contribution in [3.63, 3.8) is 0 Å². The first-order valence-corrected chi connectivity index (χ1v) is 15.6. The highest BCUT2D eigenvalue weighted by atomic mass is 19.4. The molecule has 0 radical (unpaired) electrons. The number of nitrogens with one attached hydrogen (secondary N) is 1. The number of hydroxylamine groups is 1. The Labute approximate surface area is 288 Å². The first kappa shape index (κ1) is 38.0. The Morgan fingerprint density at radius 3 is 2.23 bits per heavy atom. The number of anilines is 2. The van der Waals surface area contributed by atoms with Crippen LogP contribution in [0.5, 0.6) is 0 Å². The van der Waals surface area contributed by atoms with E-state index in [4.69, 9.17) is 9.57 Å². The minimum absolute atomic E-state index is 0.0133. The van der Waals surface area contributed by atoms with Crippen molar-refractivity contribution in [3.05, 3.63) is 76.1 Å². The van der Waals surface area contributed by atoms with Gasteiger partial charge in [-0.1, -0.05) is 6.92 Å². The molecule has 3 heterocycles. The van der Waals surface area contributed by atoms with Gasteiger partial charge in [-0.05, 0) is 66.9 Å². The number of carbonyl (C=O) groups excluding carboxylic acids is 1. The molecule has 2 aromatic heterocycles. The topological polar surface area (TPSA) is 140 Å². The smallest absolute Gasteiger partial charge is 0.433 e. The lowest BCUT2D eigenvalue weighted by Crippen LogP contribution is -2.43. The molecule has 0 spiro atoms. The van der Waals surface area contributed by atoms with E-state index in [2.05, 4.69) is 30.7 Å². The van der Waals surface area contributed by atoms with Crippen LogP contribution in [0.3, 0.4) is 0 Å². The van der Waals surface area contributed by atoms with E-state index in [9.17, 15) is 49.4 Å². The van der Waals surface area contributed by atoms with Crippen LogP contribution in [-0.4, -0.2) is 60.7 Å². The molecular weight excluding hydrogens is 719 g/mol. The van der Waals surface area contributed by atoms with E-state index in [1.165, 1.54) is 6.92 Å². The van der Waals surface area contributed by atoms with Gasteiger partial charge in [-0.15, -0.1) is 10.2 Å². The van der Waals surface area contributed by atoms with Gasteiger partial charge in [0.15, 0.2) is 0 Å². The van der Waals surface area contributed by atoms with Crippen molar-refractivity contribution in [2.45, 2.75) is 70.3 Å². The molecule has 12 nitrogen and oxygen atoms in total. The second-order valence-electron chi connectivity index (χ2n) is 11.4. The fourth-order valence-electron chi connectivity index (χ4n) is 5.53. The molecule has 0 amide bonds. The Bertz CT molecular complexity index is 1870. The summed E-state index contributed by atoms with van der Waals surface area (Å²) in [6, 6.07) is 2.23. The normalized spacial score (nSPS) is 16.4. The second-order valence-corrected chi connectivity index (χ2v) is 11.4. The fraction of sp³-hybridized carbons (Fsp3) is 0.419. The predicted octanol–water partition coefficient (Wildman–Crippen LogP) is 7.00. The van der Waals surface area contributed by atoms with E-state index in [1.54, 1.807) is 6.92 Å². The quantitative estimate of drug-likeness (QED) is 0.128. The zero-order valence-corrected chi connectivity index (χ0v) is 27.1. The highest BCUT2D eigenvalue weighted by Gasteiger charge is 2.40. The van der Waals surface area contributed by atoms with Crippen LogP contribution in [0.4, 0.5) is 55.9 Å². The molecular formula is C31H29F9N8O4. The first-order valence-electron chi connectivity index (χ1n) is 15.6. The Kier molecular flexibility index (Phi) is 10.8. The summed E-state index contributed by atoms with van der Waals surface area (Å²) in [6.45, 7) is 2.76. The Morgan fingerprint density at radius 1 is 0.962 bits per heavy atom. The van der Waals surface area contributed by atoms with Crippen molar-refractivity contribution in [3.8, 4) is 11.4 Å². The molecule has 52 heavy (non-hydrogen) atoms. The number of tetrazole rings is 1. The van der Waals surface area contributed by atoms with Crippen molar-refractivity contribution in [1.29, 1.82) is 0 Å². The molecule has 1 aliphatic heterocycles. The zero-order valence-electron chi connectivity index (χ0n) is 27.1. The monoisotopic (exact) mass is 748 g/mol. The van der Waals surface area contributed by atoms with Crippen molar-refractivity contribution < 1.29 is 59.0 Å². The van der Waals surface area contributed by atoms with Crippen molar-refractivity contribution in [2.75, 3.05) is 23.6 Å². The average molecular weight is 749 g/mol. The summed E-state index contributed by atoms with van der Waals surface area (Å²) in [5.41, 5.74) is -4.68. The van der Waals surface area contributed by atoms with Crippen LogP contribution >= 0.6 is 0 Å². The lowest BCUT2D eigenvalue weighted by Gasteiger charge is -2.40. The van der Waals surface area contributed by atoms with Gasteiger partial charge in [0, 0.05) is 18.2 Å². The number of halogens is 9. The van der Waals surface area contributed by atoms with Gasteiger partial charge in [0.05, 0.1) is 65.5 Å². The average Bonchev–Trinajstić information content (AvgIpc) is 3.53. The number of nitrogens with zero attached hydrogens (tertiary/aromatic N) is 7. The number of benzene rings is 2. The third kappa shape index (κ3) is 8.62. The van der Waals surface area contributed by atoms with Gasteiger partial charge in [-0.25, -0.2) is 14.8 Å². The zero-order chi connectivity index (χ0) is 38.0. The number of hydrogen-bond acceptors (Lipinski definition) is 11. The summed E-state index contributed by atoms with van der Waals surface area (Å²) in [7, 11) is 0. The Morgan fingerprint density at radius 2 is 1.63 bits per heavy atom. The SMILES string of the molecule is CCOC(=O)ON1c2ccc(C(F)(F)F)cc2[C@@H](Nc2ncc(-c3nnn(CCO)n3)c(Cc3cc(C(F)(F)F)cc(C(F)(F)F)c3)n2)C[C@H]1CC.